The van der Waals surface area contributed by atoms with E-state index in [-0.39, 0.29) is 24.0 Å². The third kappa shape index (κ3) is 10.9. The molecule has 1 saturated heterocycles. The van der Waals surface area contributed by atoms with Crippen molar-refractivity contribution in [2.45, 2.75) is 18.9 Å². The van der Waals surface area contributed by atoms with Gasteiger partial charge in [-0.25, -0.2) is 9.59 Å². The third-order valence-electron chi connectivity index (χ3n) is 9.03. The molecule has 1 amide bonds. The van der Waals surface area contributed by atoms with Crippen LogP contribution >= 0.6 is 11.6 Å². The van der Waals surface area contributed by atoms with Crippen LogP contribution in [0.25, 0.3) is 0 Å². The van der Waals surface area contributed by atoms with Gasteiger partial charge in [0.25, 0.3) is 0 Å². The Balaban J connectivity index is 0.964. The molecular formula is C44H42ClN3O6. The number of benzene rings is 5. The van der Waals surface area contributed by atoms with E-state index in [2.05, 4.69) is 64.1 Å². The summed E-state index contributed by atoms with van der Waals surface area (Å²) in [5.74, 6) is 7.40. The maximum Gasteiger partial charge on any atom is 0.511 e. The largest absolute Gasteiger partial charge is 0.511 e. The topological polar surface area (TPSA) is 91.8 Å². The fraction of sp³-hybridized carbons (Fsp3) is 0.227. The molecule has 10 heteroatoms. The molecule has 0 unspecified atom stereocenters. The zero-order valence-electron chi connectivity index (χ0n) is 29.9. The Morgan fingerprint density at radius 1 is 0.741 bits per heavy atom. The van der Waals surface area contributed by atoms with Crippen molar-refractivity contribution < 1.29 is 28.9 Å². The van der Waals surface area contributed by atoms with Gasteiger partial charge in [-0.1, -0.05) is 96.2 Å². The fourth-order valence-corrected chi connectivity index (χ4v) is 6.53. The molecule has 0 spiro atoms. The molecule has 54 heavy (non-hydrogen) atoms. The van der Waals surface area contributed by atoms with E-state index in [9.17, 15) is 14.7 Å². The number of anilines is 1. The summed E-state index contributed by atoms with van der Waals surface area (Å²) in [6, 6.07) is 41.8. The van der Waals surface area contributed by atoms with Crippen molar-refractivity contribution in [1.82, 2.24) is 9.80 Å². The number of carbonyl (C=O) groups excluding carboxylic acids is 1. The molecule has 0 aromatic heterocycles. The van der Waals surface area contributed by atoms with Gasteiger partial charge in [-0.3, -0.25) is 9.80 Å². The highest BCUT2D eigenvalue weighted by Gasteiger charge is 2.26. The predicted molar refractivity (Wildman–Crippen MR) is 211 cm³/mol. The Bertz CT molecular complexity index is 2010. The summed E-state index contributed by atoms with van der Waals surface area (Å²) in [6.07, 6.45) is -0.945. The Hall–Kier alpha value is -5.79. The highest BCUT2D eigenvalue weighted by Crippen LogP contribution is 2.31. The van der Waals surface area contributed by atoms with Gasteiger partial charge in [0.1, 0.15) is 11.5 Å². The molecule has 1 N–H and O–H groups in total. The average molecular weight is 744 g/mol. The average Bonchev–Trinajstić information content (AvgIpc) is 3.19. The monoisotopic (exact) mass is 743 g/mol. The highest BCUT2D eigenvalue weighted by atomic mass is 35.5. The lowest BCUT2D eigenvalue weighted by atomic mass is 9.96. The van der Waals surface area contributed by atoms with E-state index in [1.807, 2.05) is 42.5 Å². The van der Waals surface area contributed by atoms with Gasteiger partial charge in [0.15, 0.2) is 5.75 Å². The Labute approximate surface area is 321 Å². The SMILES string of the molecule is O=C(O)Oc1ccccc1N(CCC#Cc1ccc(OCCCN2CCN([C@H](c3ccccc3)c3ccc(Cl)cc3)CC2)cc1)C(=O)Oc1ccccc1. The van der Waals surface area contributed by atoms with Crippen molar-refractivity contribution in [3.05, 3.63) is 155 Å². The maximum absolute atomic E-state index is 13.2. The first-order valence-corrected chi connectivity index (χ1v) is 18.3. The summed E-state index contributed by atoms with van der Waals surface area (Å²) in [5.41, 5.74) is 3.61. The van der Waals surface area contributed by atoms with Crippen molar-refractivity contribution in [3.8, 4) is 29.1 Å². The van der Waals surface area contributed by atoms with Crippen LogP contribution in [0, 0.1) is 11.8 Å². The maximum atomic E-state index is 13.2. The van der Waals surface area contributed by atoms with Crippen molar-refractivity contribution >= 4 is 29.5 Å². The van der Waals surface area contributed by atoms with Crippen molar-refractivity contribution in [3.63, 3.8) is 0 Å². The Morgan fingerprint density at radius 2 is 1.39 bits per heavy atom. The number of hydrogen-bond donors (Lipinski definition) is 1. The van der Waals surface area contributed by atoms with E-state index in [0.29, 0.717) is 18.8 Å². The molecule has 1 aliphatic rings. The molecular weight excluding hydrogens is 702 g/mol. The lowest BCUT2D eigenvalue weighted by Gasteiger charge is -2.39. The van der Waals surface area contributed by atoms with Gasteiger partial charge in [0, 0.05) is 56.3 Å². The molecule has 9 nitrogen and oxygen atoms in total. The van der Waals surface area contributed by atoms with E-state index in [0.717, 1.165) is 55.5 Å². The summed E-state index contributed by atoms with van der Waals surface area (Å²) in [5, 5.41) is 9.97. The van der Waals surface area contributed by atoms with E-state index >= 15 is 0 Å². The molecule has 1 atom stereocenters. The summed E-state index contributed by atoms with van der Waals surface area (Å²) < 4.78 is 16.5. The standard InChI is InChI=1S/C44H42ClN3O6/c45-37-23-21-36(22-24-37)42(35-13-3-1-4-14-35)47-31-29-46(30-32-47)27-11-33-52-38-25-19-34(20-26-38)12-9-10-28-48(43(49)53-39-15-5-2-6-16-39)40-17-7-8-18-41(40)54-44(50)51/h1-8,13-26,42H,10-11,27-33H2,(H,50,51)/t42-/m1/s1. The first kappa shape index (κ1) is 38.0. The van der Waals surface area contributed by atoms with E-state index in [1.165, 1.54) is 22.1 Å². The van der Waals surface area contributed by atoms with E-state index in [4.69, 9.17) is 25.8 Å². The highest BCUT2D eigenvalue weighted by molar-refractivity contribution is 6.30. The number of piperazine rings is 1. The molecule has 1 heterocycles. The minimum absolute atomic E-state index is 0.0170. The third-order valence-corrected chi connectivity index (χ3v) is 9.28. The zero-order chi connectivity index (χ0) is 37.5. The lowest BCUT2D eigenvalue weighted by molar-refractivity contribution is 0.105. The van der Waals surface area contributed by atoms with Crippen LogP contribution in [0.1, 0.15) is 35.6 Å². The Kier molecular flexibility index (Phi) is 13.6. The Morgan fingerprint density at radius 3 is 2.09 bits per heavy atom. The second kappa shape index (κ2) is 19.3. The number of amides is 1. The fourth-order valence-electron chi connectivity index (χ4n) is 6.40. The van der Waals surface area contributed by atoms with Gasteiger partial charge in [-0.15, -0.1) is 0 Å². The van der Waals surface area contributed by atoms with Crippen LogP contribution in [0.3, 0.4) is 0 Å². The van der Waals surface area contributed by atoms with Crippen LogP contribution < -0.4 is 19.1 Å². The molecule has 276 valence electrons. The van der Waals surface area contributed by atoms with Crippen LogP contribution in [0.5, 0.6) is 17.2 Å². The minimum atomic E-state index is -1.48. The number of carbonyl (C=O) groups is 2. The molecule has 0 bridgehead atoms. The summed E-state index contributed by atoms with van der Waals surface area (Å²) >= 11 is 6.20. The predicted octanol–water partition coefficient (Wildman–Crippen LogP) is 9.02. The molecule has 6 rings (SSSR count). The van der Waals surface area contributed by atoms with Crippen LogP contribution in [0.15, 0.2) is 133 Å². The number of hydrogen-bond acceptors (Lipinski definition) is 7. The normalized spacial score (nSPS) is 13.6. The van der Waals surface area contributed by atoms with Crippen LogP contribution in [-0.4, -0.2) is 73.0 Å². The lowest BCUT2D eigenvalue weighted by Crippen LogP contribution is -2.48. The summed E-state index contributed by atoms with van der Waals surface area (Å²) in [6.45, 7) is 5.69. The number of carboxylic acid groups (broad SMARTS) is 1. The van der Waals surface area contributed by atoms with E-state index < -0.39 is 12.2 Å². The number of nitrogens with zero attached hydrogens (tertiary/aromatic N) is 3. The van der Waals surface area contributed by atoms with Crippen LogP contribution in [0.2, 0.25) is 5.02 Å². The molecule has 0 saturated carbocycles. The number of para-hydroxylation sites is 3. The molecule has 0 aliphatic carbocycles. The zero-order valence-corrected chi connectivity index (χ0v) is 30.6. The first-order chi connectivity index (χ1) is 26.4. The summed E-state index contributed by atoms with van der Waals surface area (Å²) in [4.78, 5) is 30.9. The van der Waals surface area contributed by atoms with E-state index in [1.54, 1.807) is 42.5 Å². The van der Waals surface area contributed by atoms with Gasteiger partial charge in [-0.05, 0) is 78.2 Å². The molecule has 0 radical (unpaired) electrons. The van der Waals surface area contributed by atoms with Crippen molar-refractivity contribution in [2.24, 2.45) is 0 Å². The minimum Gasteiger partial charge on any atom is -0.494 e. The molecule has 5 aromatic carbocycles. The summed E-state index contributed by atoms with van der Waals surface area (Å²) in [7, 11) is 0. The van der Waals surface area contributed by atoms with Gasteiger partial charge >= 0.3 is 12.2 Å². The van der Waals surface area contributed by atoms with Crippen molar-refractivity contribution in [2.75, 3.05) is 50.8 Å². The first-order valence-electron chi connectivity index (χ1n) is 18.0. The van der Waals surface area contributed by atoms with Gasteiger partial charge in [-0.2, -0.15) is 0 Å². The van der Waals surface area contributed by atoms with Gasteiger partial charge < -0.3 is 24.2 Å². The second-order valence-corrected chi connectivity index (χ2v) is 13.1. The number of halogens is 1. The van der Waals surface area contributed by atoms with Crippen LogP contribution in [0.4, 0.5) is 15.3 Å². The smallest absolute Gasteiger partial charge is 0.494 e. The second-order valence-electron chi connectivity index (χ2n) is 12.7. The van der Waals surface area contributed by atoms with Crippen molar-refractivity contribution in [1.29, 1.82) is 0 Å². The quantitative estimate of drug-likeness (QED) is 0.0553. The molecule has 1 fully saturated rings. The number of ether oxygens (including phenoxy) is 3. The number of rotatable bonds is 13. The van der Waals surface area contributed by atoms with Gasteiger partial charge in [0.05, 0.1) is 18.3 Å². The molecule has 5 aromatic rings. The molecule has 1 aliphatic heterocycles. The van der Waals surface area contributed by atoms with Crippen LogP contribution in [-0.2, 0) is 0 Å². The van der Waals surface area contributed by atoms with Gasteiger partial charge in [0.2, 0.25) is 0 Å².